The van der Waals surface area contributed by atoms with Crippen molar-refractivity contribution in [3.8, 4) is 5.75 Å². The molecule has 0 aliphatic carbocycles. The second kappa shape index (κ2) is 7.15. The molecule has 2 aromatic carbocycles. The Morgan fingerprint density at radius 2 is 1.88 bits per heavy atom. The van der Waals surface area contributed by atoms with Crippen molar-refractivity contribution in [2.45, 2.75) is 23.7 Å². The molecule has 1 aliphatic rings. The first-order valence-electron chi connectivity index (χ1n) is 8.32. The van der Waals surface area contributed by atoms with Crippen molar-refractivity contribution in [2.75, 3.05) is 11.4 Å². The third-order valence-electron chi connectivity index (χ3n) is 4.38. The molecule has 3 aromatic rings. The quantitative estimate of drug-likeness (QED) is 0.569. The Morgan fingerprint density at radius 1 is 1.00 bits per heavy atom. The van der Waals surface area contributed by atoms with Crippen LogP contribution in [0.3, 0.4) is 0 Å². The minimum atomic E-state index is 0.342. The van der Waals surface area contributed by atoms with Crippen LogP contribution < -0.4 is 4.90 Å². The molecule has 2 heterocycles. The van der Waals surface area contributed by atoms with Gasteiger partial charge in [-0.2, -0.15) is 0 Å². The average Bonchev–Trinajstić information content (AvgIpc) is 2.67. The van der Waals surface area contributed by atoms with Crippen molar-refractivity contribution < 1.29 is 5.11 Å². The molecule has 25 heavy (non-hydrogen) atoms. The molecule has 1 N–H and O–H groups in total. The summed E-state index contributed by atoms with van der Waals surface area (Å²) in [7, 11) is 0. The largest absolute Gasteiger partial charge is 0.508 e. The van der Waals surface area contributed by atoms with Crippen LogP contribution in [-0.2, 0) is 18.7 Å². The summed E-state index contributed by atoms with van der Waals surface area (Å²) >= 11 is 1.73. The maximum atomic E-state index is 9.62. The molecule has 5 heteroatoms. The molecule has 0 amide bonds. The summed E-state index contributed by atoms with van der Waals surface area (Å²) in [4.78, 5) is 11.1. The Labute approximate surface area is 151 Å². The van der Waals surface area contributed by atoms with Crippen LogP contribution in [0.4, 0.5) is 5.82 Å². The van der Waals surface area contributed by atoms with Gasteiger partial charge in [-0.3, -0.25) is 0 Å². The van der Waals surface area contributed by atoms with Crippen molar-refractivity contribution in [1.29, 1.82) is 0 Å². The normalized spacial score (nSPS) is 13.5. The molecular formula is C20H19N3OS. The Balaban J connectivity index is 1.47. The van der Waals surface area contributed by atoms with E-state index in [1.165, 1.54) is 16.7 Å². The Hall–Kier alpha value is -2.53. The molecule has 0 spiro atoms. The third-order valence-corrected chi connectivity index (χ3v) is 5.38. The minimum absolute atomic E-state index is 0.342. The highest BCUT2D eigenvalue weighted by Gasteiger charge is 2.18. The highest BCUT2D eigenvalue weighted by molar-refractivity contribution is 7.98. The van der Waals surface area contributed by atoms with Gasteiger partial charge in [-0.25, -0.2) is 9.97 Å². The monoisotopic (exact) mass is 349 g/mol. The van der Waals surface area contributed by atoms with Gasteiger partial charge in [0.05, 0.1) is 0 Å². The number of aromatic hydroxyl groups is 1. The first kappa shape index (κ1) is 16.0. The number of thioether (sulfide) groups is 1. The summed E-state index contributed by atoms with van der Waals surface area (Å²) in [6, 6.07) is 18.1. The molecule has 0 bridgehead atoms. The Bertz CT molecular complexity index is 870. The highest BCUT2D eigenvalue weighted by Crippen LogP contribution is 2.28. The molecule has 0 atom stereocenters. The van der Waals surface area contributed by atoms with Crippen LogP contribution in [0.5, 0.6) is 5.75 Å². The second-order valence-electron chi connectivity index (χ2n) is 6.11. The predicted octanol–water partition coefficient (Wildman–Crippen LogP) is 4.04. The van der Waals surface area contributed by atoms with Crippen molar-refractivity contribution in [1.82, 2.24) is 9.97 Å². The maximum Gasteiger partial charge on any atom is 0.133 e. The number of rotatable bonds is 4. The summed E-state index contributed by atoms with van der Waals surface area (Å²) in [5.41, 5.74) is 3.77. The number of hydrogen-bond acceptors (Lipinski definition) is 5. The molecular weight excluding hydrogens is 330 g/mol. The van der Waals surface area contributed by atoms with E-state index in [1.54, 1.807) is 24.2 Å². The summed E-state index contributed by atoms with van der Waals surface area (Å²) < 4.78 is 0. The fourth-order valence-electron chi connectivity index (χ4n) is 3.05. The van der Waals surface area contributed by atoms with Crippen LogP contribution in [0.2, 0.25) is 0 Å². The zero-order valence-electron chi connectivity index (χ0n) is 13.8. The van der Waals surface area contributed by atoms with Gasteiger partial charge in [0, 0.05) is 24.9 Å². The lowest BCUT2D eigenvalue weighted by Crippen LogP contribution is -2.31. The zero-order chi connectivity index (χ0) is 17.1. The van der Waals surface area contributed by atoms with Crippen molar-refractivity contribution in [3.05, 3.63) is 77.6 Å². The van der Waals surface area contributed by atoms with Gasteiger partial charge in [-0.05, 0) is 35.2 Å². The number of fused-ring (bicyclic) bond motifs is 1. The zero-order valence-corrected chi connectivity index (χ0v) is 14.6. The van der Waals surface area contributed by atoms with Crippen LogP contribution in [-0.4, -0.2) is 21.6 Å². The van der Waals surface area contributed by atoms with Gasteiger partial charge in [0.15, 0.2) is 0 Å². The lowest BCUT2D eigenvalue weighted by atomic mass is 9.99. The van der Waals surface area contributed by atoms with E-state index in [1.807, 2.05) is 18.2 Å². The van der Waals surface area contributed by atoms with E-state index in [0.717, 1.165) is 36.1 Å². The van der Waals surface area contributed by atoms with Gasteiger partial charge in [-0.15, -0.1) is 11.8 Å². The lowest BCUT2D eigenvalue weighted by molar-refractivity contribution is 0.473. The number of phenols is 1. The average molecular weight is 349 g/mol. The van der Waals surface area contributed by atoms with Crippen LogP contribution in [0.1, 0.15) is 16.7 Å². The summed E-state index contributed by atoms with van der Waals surface area (Å²) in [5, 5.41) is 10.6. The van der Waals surface area contributed by atoms with E-state index in [2.05, 4.69) is 45.2 Å². The molecule has 4 rings (SSSR count). The van der Waals surface area contributed by atoms with Gasteiger partial charge in [0.2, 0.25) is 0 Å². The molecule has 126 valence electrons. The van der Waals surface area contributed by atoms with E-state index in [-0.39, 0.29) is 0 Å². The molecule has 0 unspecified atom stereocenters. The molecule has 0 radical (unpaired) electrons. The summed E-state index contributed by atoms with van der Waals surface area (Å²) in [5.74, 6) is 2.21. The number of phenolic OH excluding ortho intramolecular Hbond substituents is 1. The first-order valence-corrected chi connectivity index (χ1v) is 9.31. The topological polar surface area (TPSA) is 49.2 Å². The van der Waals surface area contributed by atoms with Crippen LogP contribution in [0, 0.1) is 0 Å². The molecule has 4 nitrogen and oxygen atoms in total. The van der Waals surface area contributed by atoms with E-state index in [4.69, 9.17) is 0 Å². The van der Waals surface area contributed by atoms with Crippen molar-refractivity contribution >= 4 is 17.6 Å². The van der Waals surface area contributed by atoms with E-state index in [0.29, 0.717) is 5.75 Å². The Morgan fingerprint density at radius 3 is 2.76 bits per heavy atom. The standard InChI is InChI=1S/C20H19N3OS/c24-18-7-6-17-12-23(9-8-16(17)10-18)19-11-20(22-14-21-19)25-13-15-4-2-1-3-5-15/h1-7,10-11,14,24H,8-9,12-13H2. The number of anilines is 1. The second-order valence-corrected chi connectivity index (χ2v) is 7.11. The molecule has 1 aromatic heterocycles. The van der Waals surface area contributed by atoms with E-state index < -0.39 is 0 Å². The smallest absolute Gasteiger partial charge is 0.133 e. The number of hydrogen-bond donors (Lipinski definition) is 1. The van der Waals surface area contributed by atoms with E-state index >= 15 is 0 Å². The fraction of sp³-hybridized carbons (Fsp3) is 0.200. The highest BCUT2D eigenvalue weighted by atomic mass is 32.2. The van der Waals surface area contributed by atoms with Gasteiger partial charge < -0.3 is 10.0 Å². The third kappa shape index (κ3) is 3.77. The van der Waals surface area contributed by atoms with Crippen LogP contribution >= 0.6 is 11.8 Å². The maximum absolute atomic E-state index is 9.62. The summed E-state index contributed by atoms with van der Waals surface area (Å²) in [6.07, 6.45) is 2.56. The predicted molar refractivity (Wildman–Crippen MR) is 101 cm³/mol. The number of nitrogens with zero attached hydrogens (tertiary/aromatic N) is 3. The van der Waals surface area contributed by atoms with E-state index in [9.17, 15) is 5.11 Å². The number of benzene rings is 2. The van der Waals surface area contributed by atoms with Crippen LogP contribution in [0.25, 0.3) is 0 Å². The number of aromatic nitrogens is 2. The summed E-state index contributed by atoms with van der Waals surface area (Å²) in [6.45, 7) is 1.71. The van der Waals surface area contributed by atoms with Gasteiger partial charge in [0.1, 0.15) is 22.9 Å². The van der Waals surface area contributed by atoms with Crippen LogP contribution in [0.15, 0.2) is 66.0 Å². The SMILES string of the molecule is Oc1ccc2c(c1)CCN(c1cc(SCc3ccccc3)ncn1)C2. The van der Waals surface area contributed by atoms with Gasteiger partial charge >= 0.3 is 0 Å². The molecule has 1 aliphatic heterocycles. The Kier molecular flexibility index (Phi) is 4.57. The fourth-order valence-corrected chi connectivity index (χ4v) is 3.87. The molecule has 0 fully saturated rings. The molecule has 0 saturated carbocycles. The minimum Gasteiger partial charge on any atom is -0.508 e. The van der Waals surface area contributed by atoms with Gasteiger partial charge in [-0.1, -0.05) is 36.4 Å². The lowest BCUT2D eigenvalue weighted by Gasteiger charge is -2.29. The van der Waals surface area contributed by atoms with Crippen molar-refractivity contribution in [3.63, 3.8) is 0 Å². The van der Waals surface area contributed by atoms with Gasteiger partial charge in [0.25, 0.3) is 0 Å². The first-order chi connectivity index (χ1) is 12.3. The van der Waals surface area contributed by atoms with Crippen molar-refractivity contribution in [2.24, 2.45) is 0 Å². The molecule has 0 saturated heterocycles.